The molecule has 0 saturated carbocycles. The van der Waals surface area contributed by atoms with Crippen LogP contribution in [0.2, 0.25) is 5.02 Å². The molecule has 2 unspecified atom stereocenters. The third-order valence-electron chi connectivity index (χ3n) is 3.30. The van der Waals surface area contributed by atoms with Gasteiger partial charge in [-0.2, -0.15) is 0 Å². The molecule has 0 heterocycles. The Balaban J connectivity index is 2.46. The van der Waals surface area contributed by atoms with E-state index in [9.17, 15) is 5.11 Å². The second kappa shape index (κ2) is 8.54. The highest BCUT2D eigenvalue weighted by molar-refractivity contribution is 6.30. The minimum absolute atomic E-state index is 0.236. The van der Waals surface area contributed by atoms with E-state index in [0.29, 0.717) is 13.1 Å². The van der Waals surface area contributed by atoms with Crippen molar-refractivity contribution < 1.29 is 5.11 Å². The van der Waals surface area contributed by atoms with E-state index >= 15 is 0 Å². The SMILES string of the molecule is CCCNCC(O)CN(C)C(C)c1cccc(Cl)c1. The summed E-state index contributed by atoms with van der Waals surface area (Å²) in [5.41, 5.74) is 1.17. The van der Waals surface area contributed by atoms with Gasteiger partial charge in [0.05, 0.1) is 6.10 Å². The lowest BCUT2D eigenvalue weighted by atomic mass is 10.1. The molecule has 0 spiro atoms. The van der Waals surface area contributed by atoms with E-state index in [0.717, 1.165) is 18.0 Å². The number of likely N-dealkylation sites (N-methyl/N-ethyl adjacent to an activating group) is 1. The molecule has 1 rings (SSSR count). The molecule has 2 N–H and O–H groups in total. The first-order valence-electron chi connectivity index (χ1n) is 6.89. The molecule has 0 saturated heterocycles. The maximum absolute atomic E-state index is 9.97. The molecule has 0 radical (unpaired) electrons. The smallest absolute Gasteiger partial charge is 0.0791 e. The van der Waals surface area contributed by atoms with Crippen LogP contribution in [0, 0.1) is 0 Å². The Morgan fingerprint density at radius 2 is 2.16 bits per heavy atom. The molecule has 0 aromatic heterocycles. The van der Waals surface area contributed by atoms with E-state index in [1.807, 2.05) is 25.2 Å². The lowest BCUT2D eigenvalue weighted by Crippen LogP contribution is -2.37. The predicted octanol–water partition coefficient (Wildman–Crippen LogP) is 2.69. The van der Waals surface area contributed by atoms with Crippen LogP contribution in [-0.4, -0.2) is 42.8 Å². The molecule has 3 nitrogen and oxygen atoms in total. The number of hydrogen-bond donors (Lipinski definition) is 2. The third kappa shape index (κ3) is 5.91. The first kappa shape index (κ1) is 16.4. The van der Waals surface area contributed by atoms with Crippen molar-refractivity contribution in [1.82, 2.24) is 10.2 Å². The van der Waals surface area contributed by atoms with Gasteiger partial charge >= 0.3 is 0 Å². The van der Waals surface area contributed by atoms with Gasteiger partial charge in [-0.1, -0.05) is 30.7 Å². The average molecular weight is 285 g/mol. The number of aliphatic hydroxyl groups is 1. The highest BCUT2D eigenvalue weighted by atomic mass is 35.5. The fourth-order valence-electron chi connectivity index (χ4n) is 2.02. The minimum Gasteiger partial charge on any atom is -0.390 e. The van der Waals surface area contributed by atoms with E-state index in [2.05, 4.69) is 30.1 Å². The summed E-state index contributed by atoms with van der Waals surface area (Å²) in [7, 11) is 2.02. The van der Waals surface area contributed by atoms with Gasteiger partial charge in [0.25, 0.3) is 0 Å². The molecule has 19 heavy (non-hydrogen) atoms. The van der Waals surface area contributed by atoms with Crippen molar-refractivity contribution in [3.05, 3.63) is 34.9 Å². The van der Waals surface area contributed by atoms with Crippen LogP contribution < -0.4 is 5.32 Å². The summed E-state index contributed by atoms with van der Waals surface area (Å²) in [4.78, 5) is 2.14. The Morgan fingerprint density at radius 1 is 1.42 bits per heavy atom. The van der Waals surface area contributed by atoms with E-state index in [4.69, 9.17) is 11.6 Å². The molecule has 2 atom stereocenters. The Bertz CT molecular complexity index is 373. The molecule has 0 bridgehead atoms. The van der Waals surface area contributed by atoms with Crippen molar-refractivity contribution in [3.8, 4) is 0 Å². The van der Waals surface area contributed by atoms with Crippen molar-refractivity contribution in [2.75, 3.05) is 26.7 Å². The summed E-state index contributed by atoms with van der Waals surface area (Å²) in [5.74, 6) is 0. The molecular weight excluding hydrogens is 260 g/mol. The lowest BCUT2D eigenvalue weighted by Gasteiger charge is -2.27. The summed E-state index contributed by atoms with van der Waals surface area (Å²) in [5, 5.41) is 13.9. The van der Waals surface area contributed by atoms with Crippen molar-refractivity contribution in [2.45, 2.75) is 32.4 Å². The van der Waals surface area contributed by atoms with Crippen LogP contribution in [0.3, 0.4) is 0 Å². The van der Waals surface area contributed by atoms with Gasteiger partial charge in [0, 0.05) is 24.2 Å². The standard InChI is InChI=1S/C15H25ClN2O/c1-4-8-17-10-15(19)11-18(3)12(2)13-6-5-7-14(16)9-13/h5-7,9,12,15,17,19H,4,8,10-11H2,1-3H3. The van der Waals surface area contributed by atoms with E-state index < -0.39 is 0 Å². The summed E-state index contributed by atoms with van der Waals surface area (Å²) >= 11 is 6.01. The summed E-state index contributed by atoms with van der Waals surface area (Å²) < 4.78 is 0. The second-order valence-electron chi connectivity index (χ2n) is 5.03. The molecule has 0 amide bonds. The van der Waals surface area contributed by atoms with E-state index in [1.165, 1.54) is 5.56 Å². The molecular formula is C15H25ClN2O. The fourth-order valence-corrected chi connectivity index (χ4v) is 2.22. The van der Waals surface area contributed by atoms with E-state index in [1.54, 1.807) is 0 Å². The number of halogens is 1. The third-order valence-corrected chi connectivity index (χ3v) is 3.53. The Kier molecular flexibility index (Phi) is 7.39. The molecule has 1 aromatic carbocycles. The number of benzene rings is 1. The van der Waals surface area contributed by atoms with Crippen molar-refractivity contribution in [2.24, 2.45) is 0 Å². The maximum Gasteiger partial charge on any atom is 0.0791 e. The van der Waals surface area contributed by atoms with Gasteiger partial charge in [0.15, 0.2) is 0 Å². The van der Waals surface area contributed by atoms with Gasteiger partial charge in [0.1, 0.15) is 0 Å². The maximum atomic E-state index is 9.97. The largest absolute Gasteiger partial charge is 0.390 e. The van der Waals surface area contributed by atoms with Crippen LogP contribution >= 0.6 is 11.6 Å². The van der Waals surface area contributed by atoms with Gasteiger partial charge < -0.3 is 10.4 Å². The Hall–Kier alpha value is -0.610. The molecule has 4 heteroatoms. The zero-order valence-corrected chi connectivity index (χ0v) is 12.8. The summed E-state index contributed by atoms with van der Waals surface area (Å²) in [6.07, 6.45) is 0.736. The molecule has 108 valence electrons. The average Bonchev–Trinajstić information content (AvgIpc) is 2.38. The zero-order chi connectivity index (χ0) is 14.3. The summed E-state index contributed by atoms with van der Waals surface area (Å²) in [6, 6.07) is 8.11. The van der Waals surface area contributed by atoms with Gasteiger partial charge in [-0.3, -0.25) is 4.90 Å². The highest BCUT2D eigenvalue weighted by Gasteiger charge is 2.15. The van der Waals surface area contributed by atoms with Gasteiger partial charge in [-0.25, -0.2) is 0 Å². The predicted molar refractivity (Wildman–Crippen MR) is 81.7 cm³/mol. The number of rotatable bonds is 8. The number of nitrogens with one attached hydrogen (secondary N) is 1. The quantitative estimate of drug-likeness (QED) is 0.721. The van der Waals surface area contributed by atoms with Crippen LogP contribution in [0.4, 0.5) is 0 Å². The van der Waals surface area contributed by atoms with Crippen LogP contribution in [0.5, 0.6) is 0 Å². The second-order valence-corrected chi connectivity index (χ2v) is 5.46. The van der Waals surface area contributed by atoms with Crippen LogP contribution in [0.25, 0.3) is 0 Å². The molecule has 0 aliphatic heterocycles. The highest BCUT2D eigenvalue weighted by Crippen LogP contribution is 2.21. The first-order valence-corrected chi connectivity index (χ1v) is 7.26. The van der Waals surface area contributed by atoms with Crippen LogP contribution in [0.1, 0.15) is 31.9 Å². The fraction of sp³-hybridized carbons (Fsp3) is 0.600. The van der Waals surface area contributed by atoms with Crippen LogP contribution in [0.15, 0.2) is 24.3 Å². The monoisotopic (exact) mass is 284 g/mol. The normalized spacial score (nSPS) is 14.6. The van der Waals surface area contributed by atoms with Crippen LogP contribution in [-0.2, 0) is 0 Å². The van der Waals surface area contributed by atoms with Crippen molar-refractivity contribution >= 4 is 11.6 Å². The van der Waals surface area contributed by atoms with Crippen molar-refractivity contribution in [3.63, 3.8) is 0 Å². The number of aliphatic hydroxyl groups excluding tert-OH is 1. The topological polar surface area (TPSA) is 35.5 Å². The molecule has 0 aliphatic rings. The molecule has 0 fully saturated rings. The lowest BCUT2D eigenvalue weighted by molar-refractivity contribution is 0.107. The Morgan fingerprint density at radius 3 is 2.79 bits per heavy atom. The van der Waals surface area contributed by atoms with Gasteiger partial charge in [-0.05, 0) is 44.6 Å². The minimum atomic E-state index is -0.349. The van der Waals surface area contributed by atoms with E-state index in [-0.39, 0.29) is 12.1 Å². The number of nitrogens with zero attached hydrogens (tertiary/aromatic N) is 1. The summed E-state index contributed by atoms with van der Waals surface area (Å²) in [6.45, 7) is 6.47. The van der Waals surface area contributed by atoms with Gasteiger partial charge in [0.2, 0.25) is 0 Å². The Labute approximate surface area is 121 Å². The van der Waals surface area contributed by atoms with Gasteiger partial charge in [-0.15, -0.1) is 0 Å². The molecule has 1 aromatic rings. The molecule has 0 aliphatic carbocycles. The van der Waals surface area contributed by atoms with Crippen molar-refractivity contribution in [1.29, 1.82) is 0 Å². The number of hydrogen-bond acceptors (Lipinski definition) is 3. The zero-order valence-electron chi connectivity index (χ0n) is 12.1. The first-order chi connectivity index (χ1) is 9.04.